The van der Waals surface area contributed by atoms with Crippen LogP contribution in [0.3, 0.4) is 0 Å². The lowest BCUT2D eigenvalue weighted by Gasteiger charge is -2.23. The van der Waals surface area contributed by atoms with Gasteiger partial charge >= 0.3 is 0 Å². The Morgan fingerprint density at radius 3 is 2.38 bits per heavy atom. The summed E-state index contributed by atoms with van der Waals surface area (Å²) in [5, 5.41) is 11.9. The maximum atomic E-state index is 13.1. The molecular weight excluding hydrogens is 362 g/mol. The molecule has 4 rings (SSSR count). The maximum Gasteiger partial charge on any atom is 0.258 e. The molecule has 29 heavy (non-hydrogen) atoms. The standard InChI is InChI=1S/C24H19N3O2/c1-16-14-19-6-3-5-9-22(19)27(16)24(29)18-12-10-17(11-13-18)23(28)26-21-8-4-2-7-20(21)15-25/h2-13,16H,14H2,1H3,(H,26,28). The molecule has 5 heteroatoms. The van der Waals surface area contributed by atoms with E-state index in [1.165, 1.54) is 5.56 Å². The van der Waals surface area contributed by atoms with Gasteiger partial charge in [-0.2, -0.15) is 5.26 Å². The Morgan fingerprint density at radius 1 is 0.966 bits per heavy atom. The van der Waals surface area contributed by atoms with Gasteiger partial charge in [-0.3, -0.25) is 9.59 Å². The van der Waals surface area contributed by atoms with Gasteiger partial charge in [0, 0.05) is 22.9 Å². The van der Waals surface area contributed by atoms with Gasteiger partial charge in [0.1, 0.15) is 6.07 Å². The monoisotopic (exact) mass is 381 g/mol. The van der Waals surface area contributed by atoms with E-state index in [9.17, 15) is 9.59 Å². The zero-order chi connectivity index (χ0) is 20.4. The molecule has 0 spiro atoms. The van der Waals surface area contributed by atoms with E-state index in [0.29, 0.717) is 22.4 Å². The molecule has 0 aromatic heterocycles. The van der Waals surface area contributed by atoms with Crippen molar-refractivity contribution in [2.24, 2.45) is 0 Å². The average molecular weight is 381 g/mol. The van der Waals surface area contributed by atoms with Crippen LogP contribution in [0.25, 0.3) is 0 Å². The number of carbonyl (C=O) groups is 2. The van der Waals surface area contributed by atoms with Crippen LogP contribution in [0.4, 0.5) is 11.4 Å². The fraction of sp³-hybridized carbons (Fsp3) is 0.125. The molecule has 3 aromatic rings. The highest BCUT2D eigenvalue weighted by atomic mass is 16.2. The summed E-state index contributed by atoms with van der Waals surface area (Å²) in [5.41, 5.74) is 3.92. The fourth-order valence-corrected chi connectivity index (χ4v) is 3.66. The quantitative estimate of drug-likeness (QED) is 0.731. The number of hydrogen-bond donors (Lipinski definition) is 1. The first-order chi connectivity index (χ1) is 14.1. The molecule has 0 fully saturated rings. The molecule has 1 unspecified atom stereocenters. The number of nitrogens with one attached hydrogen (secondary N) is 1. The van der Waals surface area contributed by atoms with Crippen molar-refractivity contribution in [3.05, 3.63) is 95.1 Å². The lowest BCUT2D eigenvalue weighted by atomic mass is 10.1. The van der Waals surface area contributed by atoms with Crippen LogP contribution in [-0.2, 0) is 6.42 Å². The lowest BCUT2D eigenvalue weighted by Crippen LogP contribution is -2.35. The van der Waals surface area contributed by atoms with E-state index in [2.05, 4.69) is 11.4 Å². The minimum atomic E-state index is -0.327. The molecule has 0 bridgehead atoms. The second-order valence-electron chi connectivity index (χ2n) is 7.05. The number of nitriles is 1. The highest BCUT2D eigenvalue weighted by Gasteiger charge is 2.31. The Balaban J connectivity index is 1.53. The number of hydrogen-bond acceptors (Lipinski definition) is 3. The number of anilines is 2. The first kappa shape index (κ1) is 18.5. The van der Waals surface area contributed by atoms with Gasteiger partial charge in [0.25, 0.3) is 11.8 Å². The summed E-state index contributed by atoms with van der Waals surface area (Å²) >= 11 is 0. The van der Waals surface area contributed by atoms with Crippen molar-refractivity contribution >= 4 is 23.2 Å². The Hall–Kier alpha value is -3.91. The van der Waals surface area contributed by atoms with Gasteiger partial charge in [0.2, 0.25) is 0 Å². The molecule has 1 atom stereocenters. The van der Waals surface area contributed by atoms with E-state index in [1.54, 1.807) is 48.5 Å². The van der Waals surface area contributed by atoms with E-state index in [4.69, 9.17) is 5.26 Å². The third kappa shape index (κ3) is 3.48. The predicted molar refractivity (Wildman–Crippen MR) is 112 cm³/mol. The van der Waals surface area contributed by atoms with Crippen LogP contribution >= 0.6 is 0 Å². The summed E-state index contributed by atoms with van der Waals surface area (Å²) in [6.45, 7) is 2.03. The van der Waals surface area contributed by atoms with Gasteiger partial charge in [-0.05, 0) is 61.4 Å². The lowest BCUT2D eigenvalue weighted by molar-refractivity contribution is 0.0978. The normalized spacial score (nSPS) is 14.8. The Kier molecular flexibility index (Phi) is 4.84. The molecule has 1 N–H and O–H groups in total. The summed E-state index contributed by atoms with van der Waals surface area (Å²) in [5.74, 6) is -0.407. The van der Waals surface area contributed by atoms with E-state index in [-0.39, 0.29) is 17.9 Å². The van der Waals surface area contributed by atoms with Crippen molar-refractivity contribution in [1.29, 1.82) is 5.26 Å². The number of nitrogens with zero attached hydrogens (tertiary/aromatic N) is 2. The maximum absolute atomic E-state index is 13.1. The predicted octanol–water partition coefficient (Wildman–Crippen LogP) is 4.40. The highest BCUT2D eigenvalue weighted by molar-refractivity contribution is 6.09. The van der Waals surface area contributed by atoms with Crippen LogP contribution in [0, 0.1) is 11.3 Å². The second-order valence-corrected chi connectivity index (χ2v) is 7.05. The number of carbonyl (C=O) groups excluding carboxylic acids is 2. The van der Waals surface area contributed by atoms with Gasteiger partial charge in [-0.25, -0.2) is 0 Å². The highest BCUT2D eigenvalue weighted by Crippen LogP contribution is 2.33. The molecule has 1 aliphatic heterocycles. The van der Waals surface area contributed by atoms with Crippen LogP contribution in [0.15, 0.2) is 72.8 Å². The van der Waals surface area contributed by atoms with Crippen molar-refractivity contribution in [3.8, 4) is 6.07 Å². The SMILES string of the molecule is CC1Cc2ccccc2N1C(=O)c1ccc(C(=O)Nc2ccccc2C#N)cc1. The first-order valence-corrected chi connectivity index (χ1v) is 9.40. The van der Waals surface area contributed by atoms with Crippen LogP contribution < -0.4 is 10.2 Å². The van der Waals surface area contributed by atoms with Crippen molar-refractivity contribution in [2.75, 3.05) is 10.2 Å². The zero-order valence-electron chi connectivity index (χ0n) is 15.9. The molecule has 142 valence electrons. The molecule has 5 nitrogen and oxygen atoms in total. The van der Waals surface area contributed by atoms with Gasteiger partial charge < -0.3 is 10.2 Å². The molecule has 1 heterocycles. The number of amides is 2. The Labute approximate surface area is 169 Å². The molecule has 0 aliphatic carbocycles. The summed E-state index contributed by atoms with van der Waals surface area (Å²) < 4.78 is 0. The molecule has 3 aromatic carbocycles. The van der Waals surface area contributed by atoms with Gasteiger partial charge in [-0.1, -0.05) is 30.3 Å². The van der Waals surface area contributed by atoms with Gasteiger partial charge in [0.05, 0.1) is 11.3 Å². The topological polar surface area (TPSA) is 73.2 Å². The zero-order valence-corrected chi connectivity index (χ0v) is 15.9. The summed E-state index contributed by atoms with van der Waals surface area (Å²) in [6, 6.07) is 23.5. The second kappa shape index (κ2) is 7.61. The third-order valence-electron chi connectivity index (χ3n) is 5.12. The Bertz CT molecular complexity index is 1130. The summed E-state index contributed by atoms with van der Waals surface area (Å²) in [7, 11) is 0. The van der Waals surface area contributed by atoms with Crippen LogP contribution in [0.5, 0.6) is 0 Å². The minimum absolute atomic E-state index is 0.0794. The van der Waals surface area contributed by atoms with Gasteiger partial charge in [0.15, 0.2) is 0 Å². The van der Waals surface area contributed by atoms with E-state index in [0.717, 1.165) is 12.1 Å². The molecule has 0 saturated heterocycles. The molecule has 1 aliphatic rings. The molecule has 2 amide bonds. The van der Waals surface area contributed by atoms with Crippen LogP contribution in [-0.4, -0.2) is 17.9 Å². The largest absolute Gasteiger partial charge is 0.321 e. The average Bonchev–Trinajstić information content (AvgIpc) is 3.09. The number of fused-ring (bicyclic) bond motifs is 1. The third-order valence-corrected chi connectivity index (χ3v) is 5.12. The molecule has 0 saturated carbocycles. The van der Waals surface area contributed by atoms with Crippen molar-refractivity contribution in [2.45, 2.75) is 19.4 Å². The van der Waals surface area contributed by atoms with Crippen molar-refractivity contribution in [1.82, 2.24) is 0 Å². The number of para-hydroxylation sites is 2. The van der Waals surface area contributed by atoms with Crippen molar-refractivity contribution < 1.29 is 9.59 Å². The van der Waals surface area contributed by atoms with E-state index < -0.39 is 0 Å². The Morgan fingerprint density at radius 2 is 1.62 bits per heavy atom. The van der Waals surface area contributed by atoms with Crippen molar-refractivity contribution in [3.63, 3.8) is 0 Å². The smallest absolute Gasteiger partial charge is 0.258 e. The molecular formula is C24H19N3O2. The van der Waals surface area contributed by atoms with Crippen LogP contribution in [0.2, 0.25) is 0 Å². The van der Waals surface area contributed by atoms with E-state index in [1.807, 2.05) is 36.1 Å². The number of rotatable bonds is 3. The summed E-state index contributed by atoms with van der Waals surface area (Å²) in [4.78, 5) is 27.4. The van der Waals surface area contributed by atoms with Crippen LogP contribution in [0.1, 0.15) is 38.8 Å². The van der Waals surface area contributed by atoms with Gasteiger partial charge in [-0.15, -0.1) is 0 Å². The summed E-state index contributed by atoms with van der Waals surface area (Å²) in [6.07, 6.45) is 0.834. The fourth-order valence-electron chi connectivity index (χ4n) is 3.66. The first-order valence-electron chi connectivity index (χ1n) is 9.40. The minimum Gasteiger partial charge on any atom is -0.321 e. The number of benzene rings is 3. The van der Waals surface area contributed by atoms with E-state index >= 15 is 0 Å². The molecule has 0 radical (unpaired) electrons.